The third-order valence-electron chi connectivity index (χ3n) is 4.84. The summed E-state index contributed by atoms with van der Waals surface area (Å²) in [6, 6.07) is 15.7. The van der Waals surface area contributed by atoms with Crippen LogP contribution >= 0.6 is 11.6 Å². The summed E-state index contributed by atoms with van der Waals surface area (Å²) in [5.74, 6) is 0.0698. The molecule has 0 aliphatic heterocycles. The van der Waals surface area contributed by atoms with E-state index in [1.54, 1.807) is 0 Å². The van der Waals surface area contributed by atoms with Crippen molar-refractivity contribution >= 4 is 28.9 Å². The van der Waals surface area contributed by atoms with Crippen molar-refractivity contribution in [2.75, 3.05) is 23.3 Å². The van der Waals surface area contributed by atoms with Crippen molar-refractivity contribution in [2.24, 2.45) is 0 Å². The molecule has 2 aromatic carbocycles. The Morgan fingerprint density at radius 1 is 1.04 bits per heavy atom. The fraction of sp³-hybridized carbons (Fsp3) is 0.350. The highest BCUT2D eigenvalue weighted by Gasteiger charge is 2.51. The normalized spacial score (nSPS) is 15.0. The Morgan fingerprint density at radius 2 is 1.62 bits per heavy atom. The molecule has 1 amide bonds. The summed E-state index contributed by atoms with van der Waals surface area (Å²) >= 11 is 5.95. The maximum Gasteiger partial charge on any atom is 0.235 e. The number of hydrogen-bond donors (Lipinski definition) is 1. The first-order valence-corrected chi connectivity index (χ1v) is 8.89. The standard InChI is InChI=1S/C20H23ClN2O/c1-3-23(4-2)18-11-9-17(10-12-18)22-19(24)20(13-14-20)15-5-7-16(21)8-6-15/h5-12H,3-4,13-14H2,1-2H3,(H,22,24). The Kier molecular flexibility index (Phi) is 4.81. The molecule has 1 fully saturated rings. The largest absolute Gasteiger partial charge is 0.372 e. The number of benzene rings is 2. The molecule has 4 heteroatoms. The first kappa shape index (κ1) is 16.8. The van der Waals surface area contributed by atoms with Crippen LogP contribution in [0.2, 0.25) is 5.02 Å². The minimum atomic E-state index is -0.387. The third-order valence-corrected chi connectivity index (χ3v) is 5.09. The third kappa shape index (κ3) is 3.27. The average molecular weight is 343 g/mol. The van der Waals surface area contributed by atoms with Gasteiger partial charge in [-0.05, 0) is 68.7 Å². The Balaban J connectivity index is 1.72. The second-order valence-corrected chi connectivity index (χ2v) is 6.70. The highest BCUT2D eigenvalue weighted by Crippen LogP contribution is 2.49. The van der Waals surface area contributed by atoms with Gasteiger partial charge in [0.05, 0.1) is 5.41 Å². The summed E-state index contributed by atoms with van der Waals surface area (Å²) in [5.41, 5.74) is 2.68. The van der Waals surface area contributed by atoms with Crippen molar-refractivity contribution in [3.05, 3.63) is 59.1 Å². The van der Waals surface area contributed by atoms with E-state index < -0.39 is 0 Å². The fourth-order valence-corrected chi connectivity index (χ4v) is 3.26. The van der Waals surface area contributed by atoms with Crippen LogP contribution in [0.1, 0.15) is 32.3 Å². The summed E-state index contributed by atoms with van der Waals surface area (Å²) in [7, 11) is 0. The lowest BCUT2D eigenvalue weighted by molar-refractivity contribution is -0.118. The molecular weight excluding hydrogens is 320 g/mol. The highest BCUT2D eigenvalue weighted by molar-refractivity contribution is 6.30. The van der Waals surface area contributed by atoms with Gasteiger partial charge in [0.2, 0.25) is 5.91 Å². The van der Waals surface area contributed by atoms with Gasteiger partial charge in [-0.2, -0.15) is 0 Å². The minimum absolute atomic E-state index is 0.0698. The van der Waals surface area contributed by atoms with Crippen molar-refractivity contribution < 1.29 is 4.79 Å². The highest BCUT2D eigenvalue weighted by atomic mass is 35.5. The van der Waals surface area contributed by atoms with E-state index in [-0.39, 0.29) is 11.3 Å². The van der Waals surface area contributed by atoms with Crippen LogP contribution in [0.15, 0.2) is 48.5 Å². The number of nitrogens with one attached hydrogen (secondary N) is 1. The lowest BCUT2D eigenvalue weighted by atomic mass is 9.95. The van der Waals surface area contributed by atoms with E-state index in [0.29, 0.717) is 5.02 Å². The summed E-state index contributed by atoms with van der Waals surface area (Å²) in [6.45, 7) is 6.23. The molecule has 0 heterocycles. The van der Waals surface area contributed by atoms with Crippen LogP contribution in [-0.4, -0.2) is 19.0 Å². The summed E-state index contributed by atoms with van der Waals surface area (Å²) in [5, 5.41) is 3.77. The zero-order chi connectivity index (χ0) is 17.2. The molecule has 0 spiro atoms. The molecule has 2 aromatic rings. The topological polar surface area (TPSA) is 32.3 Å². The van der Waals surface area contributed by atoms with Gasteiger partial charge in [0.25, 0.3) is 0 Å². The molecule has 1 saturated carbocycles. The number of nitrogens with zero attached hydrogens (tertiary/aromatic N) is 1. The van der Waals surface area contributed by atoms with Crippen LogP contribution in [0, 0.1) is 0 Å². The monoisotopic (exact) mass is 342 g/mol. The van der Waals surface area contributed by atoms with Crippen molar-refractivity contribution in [3.63, 3.8) is 0 Å². The van der Waals surface area contributed by atoms with Crippen molar-refractivity contribution in [2.45, 2.75) is 32.1 Å². The van der Waals surface area contributed by atoms with Gasteiger partial charge in [0.15, 0.2) is 0 Å². The van der Waals surface area contributed by atoms with E-state index >= 15 is 0 Å². The first-order chi connectivity index (χ1) is 11.6. The van der Waals surface area contributed by atoms with Crippen molar-refractivity contribution in [3.8, 4) is 0 Å². The number of carbonyl (C=O) groups is 1. The van der Waals surface area contributed by atoms with E-state index in [9.17, 15) is 4.79 Å². The Morgan fingerprint density at radius 3 is 2.12 bits per heavy atom. The second-order valence-electron chi connectivity index (χ2n) is 6.26. The van der Waals surface area contributed by atoms with Crippen LogP contribution in [-0.2, 0) is 10.2 Å². The van der Waals surface area contributed by atoms with Crippen molar-refractivity contribution in [1.82, 2.24) is 0 Å². The van der Waals surface area contributed by atoms with Crippen molar-refractivity contribution in [1.29, 1.82) is 0 Å². The lowest BCUT2D eigenvalue weighted by Crippen LogP contribution is -2.27. The molecule has 24 heavy (non-hydrogen) atoms. The van der Waals surface area contributed by atoms with Gasteiger partial charge in [-0.15, -0.1) is 0 Å². The molecule has 0 saturated heterocycles. The predicted molar refractivity (Wildman–Crippen MR) is 101 cm³/mol. The zero-order valence-corrected chi connectivity index (χ0v) is 14.9. The van der Waals surface area contributed by atoms with Gasteiger partial charge in [-0.3, -0.25) is 4.79 Å². The number of hydrogen-bond acceptors (Lipinski definition) is 2. The van der Waals surface area contributed by atoms with Gasteiger partial charge in [0.1, 0.15) is 0 Å². The Labute approximate surface area is 148 Å². The lowest BCUT2D eigenvalue weighted by Gasteiger charge is -2.21. The van der Waals surface area contributed by atoms with Crippen LogP contribution in [0.5, 0.6) is 0 Å². The smallest absolute Gasteiger partial charge is 0.235 e. The van der Waals surface area contributed by atoms with Crippen LogP contribution < -0.4 is 10.2 Å². The van der Waals surface area contributed by atoms with Gasteiger partial charge in [-0.25, -0.2) is 0 Å². The molecule has 1 aliphatic carbocycles. The molecule has 1 aliphatic rings. The SMILES string of the molecule is CCN(CC)c1ccc(NC(=O)C2(c3ccc(Cl)cc3)CC2)cc1. The summed E-state index contributed by atoms with van der Waals surface area (Å²) in [4.78, 5) is 15.0. The van der Waals surface area contributed by atoms with E-state index in [1.165, 1.54) is 5.69 Å². The van der Waals surface area contributed by atoms with Gasteiger partial charge in [-0.1, -0.05) is 23.7 Å². The number of anilines is 2. The molecule has 126 valence electrons. The average Bonchev–Trinajstić information content (AvgIpc) is 3.40. The number of carbonyl (C=O) groups excluding carboxylic acids is 1. The molecule has 0 radical (unpaired) electrons. The molecule has 0 aromatic heterocycles. The number of amides is 1. The summed E-state index contributed by atoms with van der Waals surface area (Å²) in [6.07, 6.45) is 1.77. The second kappa shape index (κ2) is 6.86. The molecule has 3 nitrogen and oxygen atoms in total. The summed E-state index contributed by atoms with van der Waals surface area (Å²) < 4.78 is 0. The molecular formula is C20H23ClN2O. The Hall–Kier alpha value is -2.00. The van der Waals surface area contributed by atoms with Gasteiger partial charge < -0.3 is 10.2 Å². The van der Waals surface area contributed by atoms with E-state index in [2.05, 4.69) is 36.2 Å². The molecule has 1 N–H and O–H groups in total. The van der Waals surface area contributed by atoms with Gasteiger partial charge >= 0.3 is 0 Å². The van der Waals surface area contributed by atoms with E-state index in [0.717, 1.165) is 37.2 Å². The quantitative estimate of drug-likeness (QED) is 0.813. The maximum atomic E-state index is 12.8. The van der Waals surface area contributed by atoms with Crippen LogP contribution in [0.25, 0.3) is 0 Å². The molecule has 0 unspecified atom stereocenters. The van der Waals surface area contributed by atoms with Crippen LogP contribution in [0.3, 0.4) is 0 Å². The molecule has 0 bridgehead atoms. The fourth-order valence-electron chi connectivity index (χ4n) is 3.14. The zero-order valence-electron chi connectivity index (χ0n) is 14.2. The minimum Gasteiger partial charge on any atom is -0.372 e. The first-order valence-electron chi connectivity index (χ1n) is 8.51. The number of halogens is 1. The van der Waals surface area contributed by atoms with Gasteiger partial charge in [0, 0.05) is 29.5 Å². The van der Waals surface area contributed by atoms with Crippen LogP contribution in [0.4, 0.5) is 11.4 Å². The number of rotatable bonds is 6. The molecule has 3 rings (SSSR count). The maximum absolute atomic E-state index is 12.8. The van der Waals surface area contributed by atoms with E-state index in [4.69, 9.17) is 11.6 Å². The predicted octanol–water partition coefficient (Wildman–Crippen LogP) is 4.86. The molecule has 0 atom stereocenters. The Bertz CT molecular complexity index is 701. The van der Waals surface area contributed by atoms with E-state index in [1.807, 2.05) is 36.4 Å².